The Hall–Kier alpha value is -1.35. The molecule has 0 aliphatic rings. The molecule has 106 valence electrons. The number of fused-ring (bicyclic) bond motifs is 1. The van der Waals surface area contributed by atoms with Crippen LogP contribution in [0.1, 0.15) is 30.1 Å². The second-order valence-electron chi connectivity index (χ2n) is 5.18. The lowest BCUT2D eigenvalue weighted by molar-refractivity contribution is 0.0954. The fraction of sp³-hybridized carbons (Fsp3) is 0.353. The van der Waals surface area contributed by atoms with E-state index in [4.69, 9.17) is 0 Å². The third kappa shape index (κ3) is 3.83. The van der Waals surface area contributed by atoms with Gasteiger partial charge in [0, 0.05) is 17.4 Å². The van der Waals surface area contributed by atoms with Crippen LogP contribution in [-0.4, -0.2) is 17.8 Å². The molecule has 0 aromatic heterocycles. The summed E-state index contributed by atoms with van der Waals surface area (Å²) in [4.78, 5) is 12.3. The molecule has 0 aliphatic carbocycles. The summed E-state index contributed by atoms with van der Waals surface area (Å²) < 4.78 is 0. The molecule has 2 nitrogen and oxygen atoms in total. The molecule has 20 heavy (non-hydrogen) atoms. The van der Waals surface area contributed by atoms with E-state index in [1.165, 1.54) is 0 Å². The van der Waals surface area contributed by atoms with Crippen LogP contribution in [-0.2, 0) is 0 Å². The molecular weight excluding hydrogens is 314 g/mol. The van der Waals surface area contributed by atoms with Gasteiger partial charge in [0.25, 0.3) is 5.91 Å². The molecule has 1 atom stereocenters. The van der Waals surface area contributed by atoms with Crippen LogP contribution in [0.2, 0.25) is 0 Å². The van der Waals surface area contributed by atoms with E-state index in [9.17, 15) is 4.79 Å². The Kier molecular flexibility index (Phi) is 5.60. The number of rotatable bonds is 6. The van der Waals surface area contributed by atoms with E-state index < -0.39 is 0 Å². The minimum absolute atomic E-state index is 0.0216. The third-order valence-corrected chi connectivity index (χ3v) is 4.56. The lowest BCUT2D eigenvalue weighted by Crippen LogP contribution is -2.25. The minimum Gasteiger partial charge on any atom is -0.352 e. The van der Waals surface area contributed by atoms with Crippen molar-refractivity contribution in [2.75, 3.05) is 11.9 Å². The molecule has 0 radical (unpaired) electrons. The lowest BCUT2D eigenvalue weighted by Gasteiger charge is -2.10. The zero-order valence-electron chi connectivity index (χ0n) is 11.7. The van der Waals surface area contributed by atoms with E-state index >= 15 is 0 Å². The molecule has 2 aromatic rings. The van der Waals surface area contributed by atoms with Crippen LogP contribution in [0, 0.1) is 5.92 Å². The summed E-state index contributed by atoms with van der Waals surface area (Å²) >= 11 is 3.47. The van der Waals surface area contributed by atoms with Gasteiger partial charge in [-0.1, -0.05) is 59.3 Å². The van der Waals surface area contributed by atoms with Gasteiger partial charge in [-0.05, 0) is 35.6 Å². The minimum atomic E-state index is 0.0216. The van der Waals surface area contributed by atoms with Gasteiger partial charge in [0.2, 0.25) is 0 Å². The van der Waals surface area contributed by atoms with Crippen molar-refractivity contribution in [2.45, 2.75) is 19.8 Å². The molecule has 0 bridgehead atoms. The van der Waals surface area contributed by atoms with E-state index in [0.717, 1.165) is 41.1 Å². The molecule has 0 fully saturated rings. The lowest BCUT2D eigenvalue weighted by atomic mass is 10.0. The Morgan fingerprint density at radius 1 is 1.20 bits per heavy atom. The molecule has 0 heterocycles. The number of benzene rings is 2. The number of halogens is 1. The first kappa shape index (κ1) is 15.0. The quantitative estimate of drug-likeness (QED) is 0.616. The standard InChI is InChI=1S/C17H20BrNO/c1-13(12-18)6-5-11-19-17(20)16-10-4-8-14-7-2-3-9-15(14)16/h2-4,7-10,13H,5-6,11-12H2,1H3,(H,19,20). The van der Waals surface area contributed by atoms with Gasteiger partial charge in [-0.25, -0.2) is 0 Å². The molecule has 0 spiro atoms. The highest BCUT2D eigenvalue weighted by Gasteiger charge is 2.09. The van der Waals surface area contributed by atoms with Crippen molar-refractivity contribution in [1.29, 1.82) is 0 Å². The summed E-state index contributed by atoms with van der Waals surface area (Å²) in [5, 5.41) is 6.15. The van der Waals surface area contributed by atoms with Crippen molar-refractivity contribution in [3.05, 3.63) is 48.0 Å². The molecule has 0 aliphatic heterocycles. The first-order valence-electron chi connectivity index (χ1n) is 7.04. The van der Waals surface area contributed by atoms with Crippen LogP contribution in [0.5, 0.6) is 0 Å². The summed E-state index contributed by atoms with van der Waals surface area (Å²) in [7, 11) is 0. The van der Waals surface area contributed by atoms with Gasteiger partial charge in [-0.15, -0.1) is 0 Å². The number of nitrogens with one attached hydrogen (secondary N) is 1. The number of hydrogen-bond acceptors (Lipinski definition) is 1. The Labute approximate surface area is 128 Å². The number of alkyl halides is 1. The first-order valence-corrected chi connectivity index (χ1v) is 8.16. The highest BCUT2D eigenvalue weighted by molar-refractivity contribution is 9.09. The average molecular weight is 334 g/mol. The molecule has 2 rings (SSSR count). The third-order valence-electron chi connectivity index (χ3n) is 3.46. The predicted molar refractivity (Wildman–Crippen MR) is 88.5 cm³/mol. The van der Waals surface area contributed by atoms with Gasteiger partial charge in [-0.3, -0.25) is 4.79 Å². The SMILES string of the molecule is CC(CBr)CCCNC(=O)c1cccc2ccccc12. The Morgan fingerprint density at radius 3 is 2.75 bits per heavy atom. The highest BCUT2D eigenvalue weighted by atomic mass is 79.9. The molecule has 1 N–H and O–H groups in total. The Morgan fingerprint density at radius 2 is 1.95 bits per heavy atom. The van der Waals surface area contributed by atoms with E-state index in [1.807, 2.05) is 42.5 Å². The van der Waals surface area contributed by atoms with Crippen LogP contribution < -0.4 is 5.32 Å². The van der Waals surface area contributed by atoms with Gasteiger partial charge in [0.05, 0.1) is 0 Å². The van der Waals surface area contributed by atoms with Crippen LogP contribution in [0.4, 0.5) is 0 Å². The summed E-state index contributed by atoms with van der Waals surface area (Å²) in [6.45, 7) is 2.95. The maximum absolute atomic E-state index is 12.3. The summed E-state index contributed by atoms with van der Waals surface area (Å²) in [5.74, 6) is 0.678. The molecule has 1 amide bonds. The van der Waals surface area contributed by atoms with Gasteiger partial charge in [-0.2, -0.15) is 0 Å². The predicted octanol–water partition coefficient (Wildman–Crippen LogP) is 4.38. The van der Waals surface area contributed by atoms with Gasteiger partial charge in [0.1, 0.15) is 0 Å². The van der Waals surface area contributed by atoms with Crippen LogP contribution in [0.15, 0.2) is 42.5 Å². The van der Waals surface area contributed by atoms with Crippen LogP contribution in [0.3, 0.4) is 0 Å². The second kappa shape index (κ2) is 7.44. The summed E-state index contributed by atoms with van der Waals surface area (Å²) in [5.41, 5.74) is 0.761. The number of hydrogen-bond donors (Lipinski definition) is 1. The summed E-state index contributed by atoms with van der Waals surface area (Å²) in [6.07, 6.45) is 2.14. The fourth-order valence-corrected chi connectivity index (χ4v) is 2.57. The maximum Gasteiger partial charge on any atom is 0.251 e. The highest BCUT2D eigenvalue weighted by Crippen LogP contribution is 2.18. The zero-order valence-corrected chi connectivity index (χ0v) is 13.3. The number of carbonyl (C=O) groups excluding carboxylic acids is 1. The van der Waals surface area contributed by atoms with E-state index in [1.54, 1.807) is 0 Å². The largest absolute Gasteiger partial charge is 0.352 e. The van der Waals surface area contributed by atoms with Crippen molar-refractivity contribution in [2.24, 2.45) is 5.92 Å². The molecular formula is C17H20BrNO. The molecule has 0 saturated heterocycles. The van der Waals surface area contributed by atoms with Crippen molar-refractivity contribution >= 4 is 32.6 Å². The van der Waals surface area contributed by atoms with Crippen molar-refractivity contribution in [3.8, 4) is 0 Å². The molecule has 1 unspecified atom stereocenters. The van der Waals surface area contributed by atoms with E-state index in [0.29, 0.717) is 5.92 Å². The van der Waals surface area contributed by atoms with Gasteiger partial charge >= 0.3 is 0 Å². The summed E-state index contributed by atoms with van der Waals surface area (Å²) in [6, 6.07) is 13.8. The fourth-order valence-electron chi connectivity index (χ4n) is 2.25. The number of carbonyl (C=O) groups is 1. The van der Waals surface area contributed by atoms with E-state index in [2.05, 4.69) is 28.2 Å². The first-order chi connectivity index (χ1) is 9.72. The molecule has 3 heteroatoms. The van der Waals surface area contributed by atoms with Crippen LogP contribution >= 0.6 is 15.9 Å². The van der Waals surface area contributed by atoms with Crippen molar-refractivity contribution in [1.82, 2.24) is 5.32 Å². The van der Waals surface area contributed by atoms with Gasteiger partial charge in [0.15, 0.2) is 0 Å². The molecule has 2 aromatic carbocycles. The second-order valence-corrected chi connectivity index (χ2v) is 5.83. The van der Waals surface area contributed by atoms with E-state index in [-0.39, 0.29) is 5.91 Å². The normalized spacial score (nSPS) is 12.3. The van der Waals surface area contributed by atoms with Crippen molar-refractivity contribution < 1.29 is 4.79 Å². The number of amides is 1. The van der Waals surface area contributed by atoms with Crippen molar-refractivity contribution in [3.63, 3.8) is 0 Å². The topological polar surface area (TPSA) is 29.1 Å². The zero-order chi connectivity index (χ0) is 14.4. The molecule has 0 saturated carbocycles. The van der Waals surface area contributed by atoms with Gasteiger partial charge < -0.3 is 5.32 Å². The van der Waals surface area contributed by atoms with Crippen LogP contribution in [0.25, 0.3) is 10.8 Å². The Balaban J connectivity index is 1.98. The monoisotopic (exact) mass is 333 g/mol. The smallest absolute Gasteiger partial charge is 0.251 e. The Bertz CT molecular complexity index is 577. The average Bonchev–Trinajstić information content (AvgIpc) is 2.50. The maximum atomic E-state index is 12.3.